The standard InChI is InChI=1S/C12H13BrN2O2/c13-11-5-12(8-15-7-11)17-4-2-14-6-10-1-3-16-9-10/h1,3,5,7-9,14H,2,4,6H2. The van der Waals surface area contributed by atoms with Gasteiger partial charge in [-0.2, -0.15) is 0 Å². The molecule has 0 aliphatic carbocycles. The van der Waals surface area contributed by atoms with Crippen molar-refractivity contribution in [1.29, 1.82) is 0 Å². The van der Waals surface area contributed by atoms with Crippen molar-refractivity contribution >= 4 is 15.9 Å². The summed E-state index contributed by atoms with van der Waals surface area (Å²) in [5.41, 5.74) is 1.13. The van der Waals surface area contributed by atoms with Gasteiger partial charge in [0.25, 0.3) is 0 Å². The Kier molecular flexibility index (Phi) is 4.58. The molecule has 1 N–H and O–H groups in total. The topological polar surface area (TPSA) is 47.3 Å². The van der Waals surface area contributed by atoms with Crippen molar-refractivity contribution in [3.63, 3.8) is 0 Å². The molecule has 0 amide bonds. The maximum absolute atomic E-state index is 5.53. The highest BCUT2D eigenvalue weighted by molar-refractivity contribution is 9.10. The minimum atomic E-state index is 0.607. The number of pyridine rings is 1. The lowest BCUT2D eigenvalue weighted by atomic mass is 10.3. The van der Waals surface area contributed by atoms with Crippen molar-refractivity contribution in [3.8, 4) is 5.75 Å². The first-order valence-corrected chi connectivity index (χ1v) is 6.09. The van der Waals surface area contributed by atoms with Crippen LogP contribution in [0.25, 0.3) is 0 Å². The molecule has 0 spiro atoms. The number of furan rings is 1. The maximum atomic E-state index is 5.53. The van der Waals surface area contributed by atoms with Crippen LogP contribution in [-0.2, 0) is 6.54 Å². The number of ether oxygens (including phenoxy) is 1. The highest BCUT2D eigenvalue weighted by Crippen LogP contribution is 2.15. The number of nitrogens with zero attached hydrogens (tertiary/aromatic N) is 1. The van der Waals surface area contributed by atoms with E-state index in [1.807, 2.05) is 12.1 Å². The molecule has 2 rings (SSSR count). The van der Waals surface area contributed by atoms with E-state index < -0.39 is 0 Å². The molecule has 0 aliphatic heterocycles. The van der Waals surface area contributed by atoms with Crippen LogP contribution in [0.4, 0.5) is 0 Å². The molecule has 0 aromatic carbocycles. The van der Waals surface area contributed by atoms with Crippen LogP contribution in [0, 0.1) is 0 Å². The van der Waals surface area contributed by atoms with Gasteiger partial charge < -0.3 is 14.5 Å². The molecular weight excluding hydrogens is 284 g/mol. The van der Waals surface area contributed by atoms with E-state index in [9.17, 15) is 0 Å². The van der Waals surface area contributed by atoms with Crippen molar-refractivity contribution in [2.24, 2.45) is 0 Å². The van der Waals surface area contributed by atoms with Gasteiger partial charge in [0.2, 0.25) is 0 Å². The van der Waals surface area contributed by atoms with Crippen LogP contribution in [0.5, 0.6) is 5.75 Å². The van der Waals surface area contributed by atoms with Crippen molar-refractivity contribution in [2.75, 3.05) is 13.2 Å². The highest BCUT2D eigenvalue weighted by Gasteiger charge is 1.96. The van der Waals surface area contributed by atoms with Gasteiger partial charge in [-0.05, 0) is 28.1 Å². The second-order valence-corrected chi connectivity index (χ2v) is 4.41. The van der Waals surface area contributed by atoms with Crippen LogP contribution in [0.2, 0.25) is 0 Å². The Morgan fingerprint density at radius 3 is 3.12 bits per heavy atom. The lowest BCUT2D eigenvalue weighted by molar-refractivity contribution is 0.312. The van der Waals surface area contributed by atoms with Crippen molar-refractivity contribution in [1.82, 2.24) is 10.3 Å². The minimum absolute atomic E-state index is 0.607. The van der Waals surface area contributed by atoms with Crippen LogP contribution in [0.1, 0.15) is 5.56 Å². The van der Waals surface area contributed by atoms with Gasteiger partial charge in [0, 0.05) is 29.3 Å². The molecule has 0 aliphatic rings. The van der Waals surface area contributed by atoms with Gasteiger partial charge in [-0.25, -0.2) is 0 Å². The average Bonchev–Trinajstić information content (AvgIpc) is 2.82. The Morgan fingerprint density at radius 1 is 1.41 bits per heavy atom. The number of hydrogen-bond donors (Lipinski definition) is 1. The molecule has 2 aromatic rings. The first-order chi connectivity index (χ1) is 8.34. The van der Waals surface area contributed by atoms with Gasteiger partial charge in [0.15, 0.2) is 0 Å². The zero-order chi connectivity index (χ0) is 11.9. The van der Waals surface area contributed by atoms with Crippen molar-refractivity contribution < 1.29 is 9.15 Å². The Labute approximate surface area is 108 Å². The summed E-state index contributed by atoms with van der Waals surface area (Å²) in [6.07, 6.45) is 6.82. The quantitative estimate of drug-likeness (QED) is 0.833. The maximum Gasteiger partial charge on any atom is 0.138 e. The molecule has 5 heteroatoms. The molecule has 0 unspecified atom stereocenters. The van der Waals surface area contributed by atoms with Gasteiger partial charge in [-0.3, -0.25) is 4.98 Å². The zero-order valence-electron chi connectivity index (χ0n) is 9.23. The van der Waals surface area contributed by atoms with E-state index in [1.165, 1.54) is 0 Å². The first kappa shape index (κ1) is 12.1. The molecule has 4 nitrogen and oxygen atoms in total. The molecule has 0 bridgehead atoms. The molecule has 2 heterocycles. The summed E-state index contributed by atoms with van der Waals surface area (Å²) < 4.78 is 11.4. The fourth-order valence-electron chi connectivity index (χ4n) is 1.34. The monoisotopic (exact) mass is 296 g/mol. The van der Waals surface area contributed by atoms with E-state index >= 15 is 0 Å². The average molecular weight is 297 g/mol. The third kappa shape index (κ3) is 4.20. The zero-order valence-corrected chi connectivity index (χ0v) is 10.8. The number of halogens is 1. The number of nitrogens with one attached hydrogen (secondary N) is 1. The molecule has 0 saturated carbocycles. The molecule has 0 radical (unpaired) electrons. The third-order valence-electron chi connectivity index (χ3n) is 2.14. The summed E-state index contributed by atoms with van der Waals surface area (Å²) in [6, 6.07) is 3.83. The summed E-state index contributed by atoms with van der Waals surface area (Å²) in [6.45, 7) is 2.17. The largest absolute Gasteiger partial charge is 0.491 e. The van der Waals surface area contributed by atoms with Crippen LogP contribution < -0.4 is 10.1 Å². The van der Waals surface area contributed by atoms with E-state index in [2.05, 4.69) is 26.2 Å². The molecule has 17 heavy (non-hydrogen) atoms. The van der Waals surface area contributed by atoms with E-state index in [-0.39, 0.29) is 0 Å². The predicted octanol–water partition coefficient (Wildman–Crippen LogP) is 2.61. The van der Waals surface area contributed by atoms with Crippen molar-refractivity contribution in [3.05, 3.63) is 47.1 Å². The van der Waals surface area contributed by atoms with E-state index in [4.69, 9.17) is 9.15 Å². The lowest BCUT2D eigenvalue weighted by Crippen LogP contribution is -2.20. The predicted molar refractivity (Wildman–Crippen MR) is 67.8 cm³/mol. The summed E-state index contributed by atoms with van der Waals surface area (Å²) in [4.78, 5) is 4.02. The van der Waals surface area contributed by atoms with E-state index in [0.29, 0.717) is 6.61 Å². The van der Waals surface area contributed by atoms with Gasteiger partial charge in [-0.15, -0.1) is 0 Å². The van der Waals surface area contributed by atoms with Gasteiger partial charge in [-0.1, -0.05) is 0 Å². The Hall–Kier alpha value is -1.33. The number of hydrogen-bond acceptors (Lipinski definition) is 4. The van der Waals surface area contributed by atoms with Crippen LogP contribution in [-0.4, -0.2) is 18.1 Å². The summed E-state index contributed by atoms with van der Waals surface area (Å²) in [5.74, 6) is 0.768. The van der Waals surface area contributed by atoms with Crippen molar-refractivity contribution in [2.45, 2.75) is 6.54 Å². The molecule has 0 fully saturated rings. The molecule has 0 atom stereocenters. The third-order valence-corrected chi connectivity index (χ3v) is 2.57. The first-order valence-electron chi connectivity index (χ1n) is 5.30. The summed E-state index contributed by atoms with van der Waals surface area (Å²) in [5, 5.41) is 3.26. The number of aromatic nitrogens is 1. The Morgan fingerprint density at radius 2 is 2.35 bits per heavy atom. The van der Waals surface area contributed by atoms with Gasteiger partial charge in [0.05, 0.1) is 18.7 Å². The normalized spacial score (nSPS) is 10.4. The highest BCUT2D eigenvalue weighted by atomic mass is 79.9. The Balaban J connectivity index is 1.63. The summed E-state index contributed by atoms with van der Waals surface area (Å²) in [7, 11) is 0. The molecule has 2 aromatic heterocycles. The molecule has 90 valence electrons. The fourth-order valence-corrected chi connectivity index (χ4v) is 1.68. The second kappa shape index (κ2) is 6.42. The van der Waals surface area contributed by atoms with Crippen LogP contribution in [0.3, 0.4) is 0 Å². The molecular formula is C12H13BrN2O2. The lowest BCUT2D eigenvalue weighted by Gasteiger charge is -2.06. The van der Waals surface area contributed by atoms with Gasteiger partial charge in [0.1, 0.15) is 12.4 Å². The fraction of sp³-hybridized carbons (Fsp3) is 0.250. The van der Waals surface area contributed by atoms with E-state index in [0.717, 1.165) is 28.9 Å². The van der Waals surface area contributed by atoms with Crippen LogP contribution in [0.15, 0.2) is 45.9 Å². The Bertz CT molecular complexity index is 446. The molecule has 0 saturated heterocycles. The smallest absolute Gasteiger partial charge is 0.138 e. The van der Waals surface area contributed by atoms with Gasteiger partial charge >= 0.3 is 0 Å². The van der Waals surface area contributed by atoms with E-state index in [1.54, 1.807) is 24.9 Å². The SMILES string of the molecule is Brc1cncc(OCCNCc2ccoc2)c1. The summed E-state index contributed by atoms with van der Waals surface area (Å²) >= 11 is 3.34. The minimum Gasteiger partial charge on any atom is -0.491 e. The second-order valence-electron chi connectivity index (χ2n) is 3.50. The number of rotatable bonds is 6. The van der Waals surface area contributed by atoms with Crippen LogP contribution >= 0.6 is 15.9 Å².